The van der Waals surface area contributed by atoms with Crippen molar-refractivity contribution in [3.63, 3.8) is 0 Å². The summed E-state index contributed by atoms with van der Waals surface area (Å²) < 4.78 is 17.4. The molecule has 0 saturated carbocycles. The molecule has 0 spiro atoms. The molecule has 0 aromatic heterocycles. The van der Waals surface area contributed by atoms with E-state index in [1.165, 1.54) is 0 Å². The van der Waals surface area contributed by atoms with Crippen molar-refractivity contribution in [1.82, 2.24) is 0 Å². The minimum absolute atomic E-state index is 0.464. The normalized spacial score (nSPS) is 27.2. The van der Waals surface area contributed by atoms with E-state index in [0.717, 1.165) is 5.56 Å². The van der Waals surface area contributed by atoms with Crippen molar-refractivity contribution in [2.45, 2.75) is 5.34 Å². The first kappa shape index (κ1) is 8.98. The van der Waals surface area contributed by atoms with Gasteiger partial charge >= 0.3 is 0 Å². The Hall–Kier alpha value is -0.590. The molecule has 1 saturated heterocycles. The fraction of sp³-hybridized carbons (Fsp3) is 0.400. The standard InChI is InChI=1S/C10H13O2P/c1-13(2,11)10(8-12-10)9-6-4-3-5-7-9/h3-7H,8H2,1-2H3. The van der Waals surface area contributed by atoms with Crippen molar-refractivity contribution in [3.05, 3.63) is 35.9 Å². The summed E-state index contributed by atoms with van der Waals surface area (Å²) in [5.41, 5.74) is 1.04. The van der Waals surface area contributed by atoms with Crippen LogP contribution in [0, 0.1) is 0 Å². The van der Waals surface area contributed by atoms with Crippen LogP contribution in [-0.4, -0.2) is 19.9 Å². The minimum Gasteiger partial charge on any atom is -0.356 e. The van der Waals surface area contributed by atoms with Crippen molar-refractivity contribution < 1.29 is 9.30 Å². The van der Waals surface area contributed by atoms with Gasteiger partial charge in [-0.15, -0.1) is 0 Å². The Bertz CT molecular complexity index is 348. The fourth-order valence-electron chi connectivity index (χ4n) is 1.56. The zero-order valence-electron chi connectivity index (χ0n) is 7.86. The van der Waals surface area contributed by atoms with Crippen LogP contribution in [0.1, 0.15) is 5.56 Å². The zero-order valence-corrected chi connectivity index (χ0v) is 8.75. The van der Waals surface area contributed by atoms with Crippen molar-refractivity contribution >= 4 is 7.14 Å². The van der Waals surface area contributed by atoms with Crippen LogP contribution in [0.3, 0.4) is 0 Å². The van der Waals surface area contributed by atoms with E-state index < -0.39 is 12.5 Å². The lowest BCUT2D eigenvalue weighted by molar-refractivity contribution is 0.375. The van der Waals surface area contributed by atoms with Crippen molar-refractivity contribution in [1.29, 1.82) is 0 Å². The van der Waals surface area contributed by atoms with Gasteiger partial charge in [0.25, 0.3) is 0 Å². The molecule has 1 aromatic rings. The van der Waals surface area contributed by atoms with Gasteiger partial charge in [-0.05, 0) is 18.9 Å². The van der Waals surface area contributed by atoms with Crippen LogP contribution in [-0.2, 0) is 14.6 Å². The van der Waals surface area contributed by atoms with Crippen LogP contribution in [0.25, 0.3) is 0 Å². The summed E-state index contributed by atoms with van der Waals surface area (Å²) in [6.45, 7) is 4.17. The van der Waals surface area contributed by atoms with Crippen LogP contribution in [0.2, 0.25) is 0 Å². The number of epoxide rings is 1. The molecule has 0 amide bonds. The van der Waals surface area contributed by atoms with Gasteiger partial charge in [-0.1, -0.05) is 30.3 Å². The third-order valence-electron chi connectivity index (χ3n) is 2.51. The highest BCUT2D eigenvalue weighted by Gasteiger charge is 2.55. The molecule has 3 heteroatoms. The Morgan fingerprint density at radius 2 is 1.85 bits per heavy atom. The van der Waals surface area contributed by atoms with E-state index in [1.807, 2.05) is 30.3 Å². The molecule has 1 atom stereocenters. The monoisotopic (exact) mass is 196 g/mol. The lowest BCUT2D eigenvalue weighted by Gasteiger charge is -2.16. The number of ether oxygens (including phenoxy) is 1. The van der Waals surface area contributed by atoms with Crippen molar-refractivity contribution in [2.75, 3.05) is 19.9 Å². The lowest BCUT2D eigenvalue weighted by Crippen LogP contribution is -2.07. The molecule has 0 radical (unpaired) electrons. The van der Waals surface area contributed by atoms with Gasteiger partial charge in [0.2, 0.25) is 0 Å². The molecule has 2 nitrogen and oxygen atoms in total. The summed E-state index contributed by atoms with van der Waals surface area (Å²) in [7, 11) is -2.20. The summed E-state index contributed by atoms with van der Waals surface area (Å²) in [5.74, 6) is 0. The number of hydrogen-bond acceptors (Lipinski definition) is 2. The molecule has 2 rings (SSSR count). The number of rotatable bonds is 2. The first-order valence-corrected chi connectivity index (χ1v) is 6.91. The molecular formula is C10H13O2P. The quantitative estimate of drug-likeness (QED) is 0.537. The largest absolute Gasteiger partial charge is 0.356 e. The topological polar surface area (TPSA) is 29.6 Å². The summed E-state index contributed by atoms with van der Waals surface area (Å²) >= 11 is 0. The van der Waals surface area contributed by atoms with E-state index in [2.05, 4.69) is 0 Å². The van der Waals surface area contributed by atoms with Gasteiger partial charge in [-0.25, -0.2) is 0 Å². The SMILES string of the molecule is CP(C)(=O)C1(c2ccccc2)CO1. The lowest BCUT2D eigenvalue weighted by atomic mass is 10.2. The average Bonchev–Trinajstić information content (AvgIpc) is 2.84. The smallest absolute Gasteiger partial charge is 0.168 e. The maximum absolute atomic E-state index is 12.0. The van der Waals surface area contributed by atoms with Gasteiger partial charge in [0.05, 0.1) is 6.61 Å². The van der Waals surface area contributed by atoms with Gasteiger partial charge in [0, 0.05) is 0 Å². The number of hydrogen-bond donors (Lipinski definition) is 0. The molecule has 1 unspecified atom stereocenters. The highest BCUT2D eigenvalue weighted by atomic mass is 31.2. The minimum atomic E-state index is -2.20. The van der Waals surface area contributed by atoms with E-state index >= 15 is 0 Å². The predicted octanol–water partition coefficient (Wildman–Crippen LogP) is 2.49. The van der Waals surface area contributed by atoms with Crippen LogP contribution in [0.5, 0.6) is 0 Å². The molecule has 0 aliphatic carbocycles. The first-order chi connectivity index (χ1) is 6.06. The van der Waals surface area contributed by atoms with E-state index in [0.29, 0.717) is 6.61 Å². The summed E-state index contributed by atoms with van der Waals surface area (Å²) in [5, 5.41) is -0.464. The highest BCUT2D eigenvalue weighted by molar-refractivity contribution is 7.63. The number of benzene rings is 1. The Morgan fingerprint density at radius 1 is 1.31 bits per heavy atom. The maximum atomic E-state index is 12.0. The molecule has 0 N–H and O–H groups in total. The van der Waals surface area contributed by atoms with Crippen molar-refractivity contribution in [3.8, 4) is 0 Å². The summed E-state index contributed by atoms with van der Waals surface area (Å²) in [4.78, 5) is 0. The van der Waals surface area contributed by atoms with E-state index in [4.69, 9.17) is 4.74 Å². The highest BCUT2D eigenvalue weighted by Crippen LogP contribution is 2.66. The first-order valence-electron chi connectivity index (χ1n) is 4.31. The Labute approximate surface area is 78.3 Å². The Kier molecular flexibility index (Phi) is 1.86. The second-order valence-electron chi connectivity index (χ2n) is 3.79. The van der Waals surface area contributed by atoms with Gasteiger partial charge in [0.15, 0.2) is 5.34 Å². The molecule has 70 valence electrons. The molecule has 13 heavy (non-hydrogen) atoms. The average molecular weight is 196 g/mol. The molecule has 1 fully saturated rings. The predicted molar refractivity (Wildman–Crippen MR) is 53.5 cm³/mol. The van der Waals surface area contributed by atoms with Crippen LogP contribution in [0.15, 0.2) is 30.3 Å². The fourth-order valence-corrected chi connectivity index (χ4v) is 3.01. The second-order valence-corrected chi connectivity index (χ2v) is 7.21. The maximum Gasteiger partial charge on any atom is 0.168 e. The third-order valence-corrected chi connectivity index (χ3v) is 4.77. The van der Waals surface area contributed by atoms with E-state index in [-0.39, 0.29) is 0 Å². The third kappa shape index (κ3) is 1.34. The van der Waals surface area contributed by atoms with Crippen LogP contribution >= 0.6 is 7.14 Å². The second kappa shape index (κ2) is 2.70. The van der Waals surface area contributed by atoms with E-state index in [9.17, 15) is 4.57 Å². The van der Waals surface area contributed by atoms with Crippen molar-refractivity contribution in [2.24, 2.45) is 0 Å². The van der Waals surface area contributed by atoms with Crippen LogP contribution in [0.4, 0.5) is 0 Å². The Morgan fingerprint density at radius 3 is 2.23 bits per heavy atom. The zero-order chi connectivity index (χ0) is 9.53. The van der Waals surface area contributed by atoms with Crippen LogP contribution < -0.4 is 0 Å². The summed E-state index contributed by atoms with van der Waals surface area (Å²) in [6, 6.07) is 9.82. The van der Waals surface area contributed by atoms with Gasteiger partial charge in [0.1, 0.15) is 7.14 Å². The van der Waals surface area contributed by atoms with Gasteiger partial charge in [-0.3, -0.25) is 0 Å². The molecule has 0 bridgehead atoms. The molecule has 1 aromatic carbocycles. The summed E-state index contributed by atoms with van der Waals surface area (Å²) in [6.07, 6.45) is 0. The van der Waals surface area contributed by atoms with Gasteiger partial charge < -0.3 is 9.30 Å². The van der Waals surface area contributed by atoms with E-state index in [1.54, 1.807) is 13.3 Å². The molecular weight excluding hydrogens is 183 g/mol. The Balaban J connectivity index is 2.43. The van der Waals surface area contributed by atoms with Gasteiger partial charge in [-0.2, -0.15) is 0 Å². The molecule has 1 heterocycles. The molecule has 1 aliphatic rings. The molecule has 1 aliphatic heterocycles.